The topological polar surface area (TPSA) is 12.9 Å². The lowest BCUT2D eigenvalue weighted by Gasteiger charge is -1.98. The highest BCUT2D eigenvalue weighted by molar-refractivity contribution is 5.70. The Morgan fingerprint density at radius 3 is 2.06 bits per heavy atom. The number of pyridine rings is 1. The van der Waals surface area contributed by atoms with Crippen LogP contribution in [0.4, 0.5) is 0 Å². The highest BCUT2D eigenvalue weighted by Crippen LogP contribution is 2.11. The minimum atomic E-state index is 1.03. The van der Waals surface area contributed by atoms with Gasteiger partial charge in [0.05, 0.1) is 5.69 Å². The fraction of sp³-hybridized carbons (Fsp3) is 0.400. The minimum absolute atomic E-state index is 1.03. The third-order valence-electron chi connectivity index (χ3n) is 1.62. The third-order valence-corrected chi connectivity index (χ3v) is 1.62. The average Bonchev–Trinajstić information content (AvgIpc) is 2.41. The molecule has 0 aliphatic rings. The molecule has 0 spiro atoms. The Bertz CT molecular complexity index is 284. The minimum Gasteiger partial charge on any atom is -0.256 e. The van der Waals surface area contributed by atoms with Crippen molar-refractivity contribution in [1.82, 2.24) is 4.98 Å². The molecule has 0 amide bonds. The van der Waals surface area contributed by atoms with Gasteiger partial charge in [-0.3, -0.25) is 4.98 Å². The van der Waals surface area contributed by atoms with E-state index in [1.165, 1.54) is 0 Å². The second-order valence-electron chi connectivity index (χ2n) is 2.46. The van der Waals surface area contributed by atoms with Gasteiger partial charge in [-0.15, -0.1) is 0 Å². The molecule has 1 heterocycles. The van der Waals surface area contributed by atoms with Crippen LogP contribution in [-0.2, 0) is 0 Å². The Hall–Kier alpha value is -1.37. The van der Waals surface area contributed by atoms with Gasteiger partial charge in [0.25, 0.3) is 0 Å². The van der Waals surface area contributed by atoms with Crippen molar-refractivity contribution in [1.29, 1.82) is 0 Å². The van der Waals surface area contributed by atoms with E-state index in [9.17, 15) is 0 Å². The maximum Gasteiger partial charge on any atom is 0.0698 e. The fourth-order valence-electron chi connectivity index (χ4n) is 1.04. The standard InChI is InChI=1S/C11H13N.2C2H6/c1-3-7-10(4-2)11-8-5-6-9-12-11;2*1-2/h3-9H,1-2H3;2*1-2H3/b7-3-,10-4+;;. The number of allylic oxidation sites excluding steroid dienone is 4. The zero-order chi connectivity index (χ0) is 12.8. The number of aromatic nitrogens is 1. The molecule has 0 atom stereocenters. The Kier molecular flexibility index (Phi) is 14.5. The molecule has 0 aliphatic heterocycles. The van der Waals surface area contributed by atoms with Crippen LogP contribution in [0.1, 0.15) is 47.2 Å². The lowest BCUT2D eigenvalue weighted by atomic mass is 10.1. The van der Waals surface area contributed by atoms with Crippen molar-refractivity contribution >= 4 is 5.57 Å². The van der Waals surface area contributed by atoms with Gasteiger partial charge in [0.2, 0.25) is 0 Å². The van der Waals surface area contributed by atoms with Crippen molar-refractivity contribution in [3.8, 4) is 0 Å². The van der Waals surface area contributed by atoms with Crippen LogP contribution in [0.3, 0.4) is 0 Å². The molecule has 1 heteroatoms. The zero-order valence-electron chi connectivity index (χ0n) is 11.5. The lowest BCUT2D eigenvalue weighted by molar-refractivity contribution is 1.28. The van der Waals surface area contributed by atoms with Crippen LogP contribution in [0.15, 0.2) is 42.6 Å². The second kappa shape index (κ2) is 13.6. The fourth-order valence-corrected chi connectivity index (χ4v) is 1.04. The molecule has 0 fully saturated rings. The summed E-state index contributed by atoms with van der Waals surface area (Å²) in [5.74, 6) is 0. The molecule has 1 rings (SSSR count). The SMILES string of the molecule is C/C=C\C(=C/C)c1ccccn1.CC.CC. The van der Waals surface area contributed by atoms with Gasteiger partial charge in [0.1, 0.15) is 0 Å². The van der Waals surface area contributed by atoms with Gasteiger partial charge in [-0.2, -0.15) is 0 Å². The summed E-state index contributed by atoms with van der Waals surface area (Å²) >= 11 is 0. The van der Waals surface area contributed by atoms with Crippen molar-refractivity contribution < 1.29 is 0 Å². The van der Waals surface area contributed by atoms with Crippen LogP contribution < -0.4 is 0 Å². The summed E-state index contributed by atoms with van der Waals surface area (Å²) in [6, 6.07) is 5.93. The molecule has 1 aromatic heterocycles. The van der Waals surface area contributed by atoms with Crippen LogP contribution in [0.25, 0.3) is 5.57 Å². The summed E-state index contributed by atoms with van der Waals surface area (Å²) in [7, 11) is 0. The van der Waals surface area contributed by atoms with Crippen LogP contribution in [0.5, 0.6) is 0 Å². The largest absolute Gasteiger partial charge is 0.256 e. The van der Waals surface area contributed by atoms with Crippen molar-refractivity contribution in [2.75, 3.05) is 0 Å². The maximum absolute atomic E-state index is 4.25. The molecule has 0 aromatic carbocycles. The quantitative estimate of drug-likeness (QED) is 0.630. The number of hydrogen-bond donors (Lipinski definition) is 0. The first-order valence-electron chi connectivity index (χ1n) is 6.09. The van der Waals surface area contributed by atoms with Gasteiger partial charge in [0, 0.05) is 6.20 Å². The molecule has 0 radical (unpaired) electrons. The summed E-state index contributed by atoms with van der Waals surface area (Å²) in [4.78, 5) is 4.25. The highest BCUT2D eigenvalue weighted by atomic mass is 14.7. The smallest absolute Gasteiger partial charge is 0.0698 e. The monoisotopic (exact) mass is 219 g/mol. The van der Waals surface area contributed by atoms with E-state index in [-0.39, 0.29) is 0 Å². The Labute approximate surface area is 101 Å². The van der Waals surface area contributed by atoms with E-state index in [0.29, 0.717) is 0 Å². The van der Waals surface area contributed by atoms with Crippen molar-refractivity contribution in [3.05, 3.63) is 48.3 Å². The second-order valence-corrected chi connectivity index (χ2v) is 2.46. The van der Waals surface area contributed by atoms with E-state index in [0.717, 1.165) is 11.3 Å². The molecule has 0 saturated carbocycles. The molecule has 0 saturated heterocycles. The predicted octanol–water partition coefficient (Wildman–Crippen LogP) is 5.11. The summed E-state index contributed by atoms with van der Waals surface area (Å²) in [6.07, 6.45) is 7.94. The first kappa shape index (κ1) is 17.0. The van der Waals surface area contributed by atoms with E-state index in [1.807, 2.05) is 72.0 Å². The van der Waals surface area contributed by atoms with Crippen molar-refractivity contribution in [3.63, 3.8) is 0 Å². The van der Waals surface area contributed by atoms with Crippen LogP contribution >= 0.6 is 0 Å². The average molecular weight is 219 g/mol. The van der Waals surface area contributed by atoms with E-state index in [2.05, 4.69) is 17.1 Å². The van der Waals surface area contributed by atoms with E-state index >= 15 is 0 Å². The summed E-state index contributed by atoms with van der Waals surface area (Å²) in [5.41, 5.74) is 2.19. The lowest BCUT2D eigenvalue weighted by Crippen LogP contribution is -1.83. The third kappa shape index (κ3) is 6.99. The molecule has 0 bridgehead atoms. The molecule has 1 nitrogen and oxygen atoms in total. The van der Waals surface area contributed by atoms with Gasteiger partial charge < -0.3 is 0 Å². The van der Waals surface area contributed by atoms with Crippen LogP contribution in [-0.4, -0.2) is 4.98 Å². The maximum atomic E-state index is 4.25. The predicted molar refractivity (Wildman–Crippen MR) is 75.4 cm³/mol. The van der Waals surface area contributed by atoms with Crippen molar-refractivity contribution in [2.24, 2.45) is 0 Å². The zero-order valence-corrected chi connectivity index (χ0v) is 11.5. The van der Waals surface area contributed by atoms with Crippen molar-refractivity contribution in [2.45, 2.75) is 41.5 Å². The normalized spacial score (nSPS) is 10.0. The first-order valence-corrected chi connectivity index (χ1v) is 6.09. The Morgan fingerprint density at radius 2 is 1.69 bits per heavy atom. The molecule has 16 heavy (non-hydrogen) atoms. The highest BCUT2D eigenvalue weighted by Gasteiger charge is 1.94. The molecule has 0 aliphatic carbocycles. The summed E-state index contributed by atoms with van der Waals surface area (Å²) < 4.78 is 0. The summed E-state index contributed by atoms with van der Waals surface area (Å²) in [6.45, 7) is 12.0. The number of hydrogen-bond acceptors (Lipinski definition) is 1. The van der Waals surface area contributed by atoms with Gasteiger partial charge in [-0.25, -0.2) is 0 Å². The van der Waals surface area contributed by atoms with Crippen LogP contribution in [0, 0.1) is 0 Å². The van der Waals surface area contributed by atoms with E-state index < -0.39 is 0 Å². The first-order chi connectivity index (χ1) is 7.88. The van der Waals surface area contributed by atoms with E-state index in [1.54, 1.807) is 0 Å². The van der Waals surface area contributed by atoms with Gasteiger partial charge >= 0.3 is 0 Å². The van der Waals surface area contributed by atoms with Crippen LogP contribution in [0.2, 0.25) is 0 Å². The van der Waals surface area contributed by atoms with Gasteiger partial charge in [-0.05, 0) is 31.6 Å². The molecule has 90 valence electrons. The molecular weight excluding hydrogens is 194 g/mol. The summed E-state index contributed by atoms with van der Waals surface area (Å²) in [5, 5.41) is 0. The van der Waals surface area contributed by atoms with E-state index in [4.69, 9.17) is 0 Å². The molecular formula is C15H25N. The van der Waals surface area contributed by atoms with Gasteiger partial charge in [0.15, 0.2) is 0 Å². The molecule has 0 unspecified atom stereocenters. The molecule has 1 aromatic rings. The number of nitrogens with zero attached hydrogens (tertiary/aromatic N) is 1. The Morgan fingerprint density at radius 1 is 1.06 bits per heavy atom. The Balaban J connectivity index is 0. The number of rotatable bonds is 2. The van der Waals surface area contributed by atoms with Gasteiger partial charge in [-0.1, -0.05) is 52.0 Å². The molecule has 0 N–H and O–H groups in total.